The molecule has 1 saturated heterocycles. The Balaban J connectivity index is 2.52. The highest BCUT2D eigenvalue weighted by Gasteiger charge is 2.27. The fourth-order valence-electron chi connectivity index (χ4n) is 2.36. The standard InChI is InChI=1S/C15H32N4O3S2/c1-5-16-15(17-6-12-23-4)18-7-9-19(10-8-18)24(20,21)13-11-22-14(2)3/h14H,5-13H2,1-4H3,(H,16,17). The molecule has 0 radical (unpaired) electrons. The van der Waals surface area contributed by atoms with Crippen molar-refractivity contribution in [3.63, 3.8) is 0 Å². The summed E-state index contributed by atoms with van der Waals surface area (Å²) in [6.45, 7) is 10.0. The summed E-state index contributed by atoms with van der Waals surface area (Å²) in [5, 5.41) is 3.29. The molecule has 24 heavy (non-hydrogen) atoms. The van der Waals surface area contributed by atoms with Crippen molar-refractivity contribution in [3.05, 3.63) is 0 Å². The van der Waals surface area contributed by atoms with Gasteiger partial charge < -0.3 is 15.0 Å². The average molecular weight is 381 g/mol. The molecule has 0 atom stereocenters. The quantitative estimate of drug-likeness (QED) is 0.360. The van der Waals surface area contributed by atoms with E-state index in [2.05, 4.69) is 21.5 Å². The molecule has 0 aromatic heterocycles. The van der Waals surface area contributed by atoms with E-state index in [4.69, 9.17) is 4.74 Å². The summed E-state index contributed by atoms with van der Waals surface area (Å²) in [5.74, 6) is 1.92. The Morgan fingerprint density at radius 3 is 2.50 bits per heavy atom. The molecule has 1 aliphatic heterocycles. The summed E-state index contributed by atoms with van der Waals surface area (Å²) in [6, 6.07) is 0. The molecule has 0 aromatic rings. The number of sulfonamides is 1. The first-order chi connectivity index (χ1) is 11.4. The van der Waals surface area contributed by atoms with E-state index in [1.807, 2.05) is 20.8 Å². The highest BCUT2D eigenvalue weighted by atomic mass is 32.2. The van der Waals surface area contributed by atoms with Crippen molar-refractivity contribution in [2.24, 2.45) is 4.99 Å². The summed E-state index contributed by atoms with van der Waals surface area (Å²) < 4.78 is 31.7. The second-order valence-corrected chi connectivity index (χ2v) is 8.92. The van der Waals surface area contributed by atoms with Gasteiger partial charge in [-0.25, -0.2) is 8.42 Å². The first-order valence-corrected chi connectivity index (χ1v) is 11.5. The van der Waals surface area contributed by atoms with E-state index >= 15 is 0 Å². The lowest BCUT2D eigenvalue weighted by Crippen LogP contribution is -2.54. The fraction of sp³-hybridized carbons (Fsp3) is 0.933. The number of guanidine groups is 1. The molecular formula is C15H32N4O3S2. The molecule has 9 heteroatoms. The van der Waals surface area contributed by atoms with Crippen molar-refractivity contribution < 1.29 is 13.2 Å². The molecule has 1 heterocycles. The van der Waals surface area contributed by atoms with Gasteiger partial charge in [-0.05, 0) is 27.0 Å². The van der Waals surface area contributed by atoms with Gasteiger partial charge in [-0.2, -0.15) is 16.1 Å². The van der Waals surface area contributed by atoms with Crippen molar-refractivity contribution in [1.29, 1.82) is 0 Å². The van der Waals surface area contributed by atoms with E-state index in [0.29, 0.717) is 26.2 Å². The Bertz CT molecular complexity index is 475. The Hall–Kier alpha value is -0.510. The third-order valence-electron chi connectivity index (χ3n) is 3.62. The molecule has 7 nitrogen and oxygen atoms in total. The van der Waals surface area contributed by atoms with Gasteiger partial charge in [0.05, 0.1) is 25.0 Å². The average Bonchev–Trinajstić information content (AvgIpc) is 2.54. The van der Waals surface area contributed by atoms with Crippen molar-refractivity contribution >= 4 is 27.7 Å². The Labute approximate surface area is 151 Å². The second-order valence-electron chi connectivity index (χ2n) is 5.85. The second kappa shape index (κ2) is 11.2. The summed E-state index contributed by atoms with van der Waals surface area (Å²) >= 11 is 1.77. The van der Waals surface area contributed by atoms with Crippen molar-refractivity contribution in [2.45, 2.75) is 26.9 Å². The molecule has 142 valence electrons. The normalized spacial score (nSPS) is 17.5. The molecule has 0 aliphatic carbocycles. The predicted octanol–water partition coefficient (Wildman–Crippen LogP) is 0.687. The largest absolute Gasteiger partial charge is 0.378 e. The summed E-state index contributed by atoms with van der Waals surface area (Å²) in [6.07, 6.45) is 2.12. The molecule has 1 N–H and O–H groups in total. The maximum Gasteiger partial charge on any atom is 0.216 e. The van der Waals surface area contributed by atoms with Gasteiger partial charge in [-0.15, -0.1) is 0 Å². The van der Waals surface area contributed by atoms with Gasteiger partial charge in [0, 0.05) is 38.5 Å². The lowest BCUT2D eigenvalue weighted by molar-refractivity contribution is 0.0904. The molecule has 0 saturated carbocycles. The number of rotatable bonds is 9. The number of thioether (sulfide) groups is 1. The zero-order valence-electron chi connectivity index (χ0n) is 15.3. The van der Waals surface area contributed by atoms with Crippen LogP contribution in [-0.2, 0) is 14.8 Å². The Kier molecular flexibility index (Phi) is 10.0. The van der Waals surface area contributed by atoms with Gasteiger partial charge in [-0.1, -0.05) is 0 Å². The Morgan fingerprint density at radius 1 is 1.29 bits per heavy atom. The van der Waals surface area contributed by atoms with Crippen LogP contribution in [0.25, 0.3) is 0 Å². The molecule has 0 amide bonds. The van der Waals surface area contributed by atoms with Crippen LogP contribution in [0, 0.1) is 0 Å². The minimum Gasteiger partial charge on any atom is -0.378 e. The predicted molar refractivity (Wildman–Crippen MR) is 102 cm³/mol. The van der Waals surface area contributed by atoms with Crippen LogP contribution >= 0.6 is 11.8 Å². The number of ether oxygens (including phenoxy) is 1. The van der Waals surface area contributed by atoms with Crippen LogP contribution in [0.5, 0.6) is 0 Å². The number of nitrogens with zero attached hydrogens (tertiary/aromatic N) is 3. The van der Waals surface area contributed by atoms with Crippen LogP contribution in [0.2, 0.25) is 0 Å². The summed E-state index contributed by atoms with van der Waals surface area (Å²) in [4.78, 5) is 6.75. The highest BCUT2D eigenvalue weighted by molar-refractivity contribution is 7.98. The van der Waals surface area contributed by atoms with Crippen LogP contribution in [-0.4, -0.2) is 93.3 Å². The number of piperazine rings is 1. The molecule has 0 unspecified atom stereocenters. The smallest absolute Gasteiger partial charge is 0.216 e. The maximum absolute atomic E-state index is 12.4. The SMILES string of the molecule is CCNC(=NCCSC)N1CCN(S(=O)(=O)CCOC(C)C)CC1. The van der Waals surface area contributed by atoms with Gasteiger partial charge >= 0.3 is 0 Å². The third-order valence-corrected chi connectivity index (χ3v) is 6.04. The van der Waals surface area contributed by atoms with E-state index in [-0.39, 0.29) is 18.5 Å². The lowest BCUT2D eigenvalue weighted by Gasteiger charge is -2.35. The lowest BCUT2D eigenvalue weighted by atomic mass is 10.4. The van der Waals surface area contributed by atoms with Crippen molar-refractivity contribution in [3.8, 4) is 0 Å². The van der Waals surface area contributed by atoms with E-state index < -0.39 is 10.0 Å². The molecule has 0 aromatic carbocycles. The monoisotopic (exact) mass is 380 g/mol. The Morgan fingerprint density at radius 2 is 1.96 bits per heavy atom. The summed E-state index contributed by atoms with van der Waals surface area (Å²) in [7, 11) is -3.24. The number of aliphatic imine (C=N–C) groups is 1. The maximum atomic E-state index is 12.4. The van der Waals surface area contributed by atoms with E-state index in [1.54, 1.807) is 16.1 Å². The van der Waals surface area contributed by atoms with Crippen LogP contribution in [0.4, 0.5) is 0 Å². The molecule has 1 rings (SSSR count). The van der Waals surface area contributed by atoms with E-state index in [0.717, 1.165) is 24.8 Å². The highest BCUT2D eigenvalue weighted by Crippen LogP contribution is 2.09. The molecule has 1 aliphatic rings. The first-order valence-electron chi connectivity index (χ1n) is 8.52. The minimum atomic E-state index is -3.24. The molecule has 1 fully saturated rings. The van der Waals surface area contributed by atoms with Crippen LogP contribution in [0.3, 0.4) is 0 Å². The number of nitrogens with one attached hydrogen (secondary N) is 1. The minimum absolute atomic E-state index is 0.0487. The fourth-order valence-corrected chi connectivity index (χ4v) is 3.92. The van der Waals surface area contributed by atoms with E-state index in [9.17, 15) is 8.42 Å². The number of hydrogen-bond donors (Lipinski definition) is 1. The van der Waals surface area contributed by atoms with Crippen molar-refractivity contribution in [2.75, 3.05) is 63.6 Å². The van der Waals surface area contributed by atoms with E-state index in [1.165, 1.54) is 0 Å². The molecular weight excluding hydrogens is 348 g/mol. The van der Waals surface area contributed by atoms with Crippen LogP contribution < -0.4 is 5.32 Å². The number of hydrogen-bond acceptors (Lipinski definition) is 5. The van der Waals surface area contributed by atoms with Gasteiger partial charge in [0.15, 0.2) is 5.96 Å². The zero-order chi connectivity index (χ0) is 18.0. The summed E-state index contributed by atoms with van der Waals surface area (Å²) in [5.41, 5.74) is 0. The topological polar surface area (TPSA) is 74.2 Å². The molecule has 0 spiro atoms. The third kappa shape index (κ3) is 7.58. The van der Waals surface area contributed by atoms with Crippen LogP contribution in [0.1, 0.15) is 20.8 Å². The van der Waals surface area contributed by atoms with Gasteiger partial charge in [0.2, 0.25) is 10.0 Å². The van der Waals surface area contributed by atoms with Gasteiger partial charge in [0.1, 0.15) is 0 Å². The van der Waals surface area contributed by atoms with Gasteiger partial charge in [0.25, 0.3) is 0 Å². The van der Waals surface area contributed by atoms with Crippen LogP contribution in [0.15, 0.2) is 4.99 Å². The van der Waals surface area contributed by atoms with Crippen molar-refractivity contribution in [1.82, 2.24) is 14.5 Å². The zero-order valence-corrected chi connectivity index (χ0v) is 17.0. The first kappa shape index (κ1) is 21.5. The molecule has 0 bridgehead atoms. The van der Waals surface area contributed by atoms with Gasteiger partial charge in [-0.3, -0.25) is 4.99 Å².